The van der Waals surface area contributed by atoms with Crippen molar-refractivity contribution in [2.75, 3.05) is 26.3 Å². The van der Waals surface area contributed by atoms with Gasteiger partial charge in [0.25, 0.3) is 5.69 Å². The van der Waals surface area contributed by atoms with Gasteiger partial charge in [0.15, 0.2) is 5.16 Å². The molecule has 9 nitrogen and oxygen atoms in total. The molecule has 1 aromatic heterocycles. The number of nitro groups is 1. The van der Waals surface area contributed by atoms with Crippen molar-refractivity contribution in [3.63, 3.8) is 0 Å². The number of nitro benzene ring substituents is 1. The summed E-state index contributed by atoms with van der Waals surface area (Å²) in [5.41, 5.74) is 0.000781. The molecule has 0 bridgehead atoms. The Morgan fingerprint density at radius 3 is 2.55 bits per heavy atom. The SMILES string of the molecule is O=[N+]([O-])c1cc(S(=O)(=O)N2CCOCC2)ccc1Sc1nc2ccccc2n1C(F)F. The highest BCUT2D eigenvalue weighted by Gasteiger charge is 2.30. The lowest BCUT2D eigenvalue weighted by Crippen LogP contribution is -2.40. The van der Waals surface area contributed by atoms with E-state index in [1.165, 1.54) is 22.5 Å². The first-order chi connectivity index (χ1) is 14.8. The summed E-state index contributed by atoms with van der Waals surface area (Å²) in [6, 6.07) is 9.69. The van der Waals surface area contributed by atoms with Gasteiger partial charge in [-0.1, -0.05) is 12.1 Å². The standard InChI is InChI=1S/C18H16F2N4O5S2/c19-17(20)23-14-4-2-1-3-13(14)21-18(23)30-16-6-5-12(11-15(16)24(25)26)31(27,28)22-7-9-29-10-8-22/h1-6,11,17H,7-10H2. The summed E-state index contributed by atoms with van der Waals surface area (Å²) in [7, 11) is -3.95. The van der Waals surface area contributed by atoms with Crippen molar-refractivity contribution in [2.24, 2.45) is 0 Å². The monoisotopic (exact) mass is 470 g/mol. The topological polar surface area (TPSA) is 108 Å². The van der Waals surface area contributed by atoms with Crippen LogP contribution >= 0.6 is 11.8 Å². The zero-order chi connectivity index (χ0) is 22.2. The van der Waals surface area contributed by atoms with E-state index in [4.69, 9.17) is 4.74 Å². The summed E-state index contributed by atoms with van der Waals surface area (Å²) >= 11 is 0.680. The fourth-order valence-corrected chi connectivity index (χ4v) is 5.62. The molecule has 164 valence electrons. The van der Waals surface area contributed by atoms with Crippen LogP contribution in [0.25, 0.3) is 11.0 Å². The number of ether oxygens (including phenoxy) is 1. The van der Waals surface area contributed by atoms with Crippen molar-refractivity contribution in [3.8, 4) is 0 Å². The van der Waals surface area contributed by atoms with Gasteiger partial charge in [0.2, 0.25) is 10.0 Å². The number of nitrogens with zero attached hydrogens (tertiary/aromatic N) is 4. The van der Waals surface area contributed by atoms with Crippen LogP contribution in [0.1, 0.15) is 6.55 Å². The second-order valence-corrected chi connectivity index (χ2v) is 9.48. The zero-order valence-electron chi connectivity index (χ0n) is 15.8. The van der Waals surface area contributed by atoms with Gasteiger partial charge in [-0.15, -0.1) is 0 Å². The van der Waals surface area contributed by atoms with Gasteiger partial charge >= 0.3 is 6.55 Å². The molecule has 2 heterocycles. The lowest BCUT2D eigenvalue weighted by atomic mass is 10.3. The number of morpholine rings is 1. The summed E-state index contributed by atoms with van der Waals surface area (Å²) in [6.07, 6.45) is 0. The van der Waals surface area contributed by atoms with E-state index in [-0.39, 0.29) is 46.8 Å². The molecule has 1 saturated heterocycles. The summed E-state index contributed by atoms with van der Waals surface area (Å²) < 4.78 is 60.0. The number of para-hydroxylation sites is 2. The van der Waals surface area contributed by atoms with Gasteiger partial charge < -0.3 is 4.74 Å². The average molecular weight is 470 g/mol. The molecule has 1 aliphatic heterocycles. The molecule has 1 aliphatic rings. The maximum atomic E-state index is 13.7. The third kappa shape index (κ3) is 4.13. The van der Waals surface area contributed by atoms with E-state index in [9.17, 15) is 27.3 Å². The Morgan fingerprint density at radius 2 is 1.87 bits per heavy atom. The number of halogens is 2. The highest BCUT2D eigenvalue weighted by atomic mass is 32.2. The Hall–Kier alpha value is -2.61. The Bertz CT molecular complexity index is 1240. The fourth-order valence-electron chi connectivity index (χ4n) is 3.20. The number of hydrogen-bond acceptors (Lipinski definition) is 7. The number of aromatic nitrogens is 2. The molecule has 3 aromatic rings. The van der Waals surface area contributed by atoms with Crippen molar-refractivity contribution in [1.82, 2.24) is 13.9 Å². The van der Waals surface area contributed by atoms with Gasteiger partial charge in [-0.25, -0.2) is 13.4 Å². The van der Waals surface area contributed by atoms with Crippen molar-refractivity contribution in [1.29, 1.82) is 0 Å². The molecule has 4 rings (SSSR count). The van der Waals surface area contributed by atoms with Crippen LogP contribution < -0.4 is 0 Å². The minimum Gasteiger partial charge on any atom is -0.379 e. The number of hydrogen-bond donors (Lipinski definition) is 0. The van der Waals surface area contributed by atoms with Crippen molar-refractivity contribution in [2.45, 2.75) is 21.5 Å². The van der Waals surface area contributed by atoms with Crippen LogP contribution in [0.4, 0.5) is 14.5 Å². The third-order valence-corrected chi connectivity index (χ3v) is 7.63. The van der Waals surface area contributed by atoms with Gasteiger partial charge in [-0.05, 0) is 36.0 Å². The third-order valence-electron chi connectivity index (χ3n) is 4.69. The lowest BCUT2D eigenvalue weighted by Gasteiger charge is -2.26. The molecule has 0 saturated carbocycles. The summed E-state index contributed by atoms with van der Waals surface area (Å²) in [5.74, 6) is 0. The molecule has 0 spiro atoms. The van der Waals surface area contributed by atoms with E-state index in [1.807, 2.05) is 0 Å². The quantitative estimate of drug-likeness (QED) is 0.401. The van der Waals surface area contributed by atoms with E-state index in [0.29, 0.717) is 21.8 Å². The van der Waals surface area contributed by atoms with Crippen LogP contribution in [0.5, 0.6) is 0 Å². The number of rotatable bonds is 6. The summed E-state index contributed by atoms with van der Waals surface area (Å²) in [5, 5.41) is 11.5. The molecule has 1 fully saturated rings. The number of sulfonamides is 1. The molecule has 13 heteroatoms. The minimum atomic E-state index is -3.95. The lowest BCUT2D eigenvalue weighted by molar-refractivity contribution is -0.388. The van der Waals surface area contributed by atoms with Gasteiger partial charge in [0, 0.05) is 19.2 Å². The number of imidazole rings is 1. The molecule has 0 amide bonds. The van der Waals surface area contributed by atoms with Gasteiger partial charge in [0.1, 0.15) is 0 Å². The van der Waals surface area contributed by atoms with Gasteiger partial charge in [-0.2, -0.15) is 13.1 Å². The molecule has 31 heavy (non-hydrogen) atoms. The van der Waals surface area contributed by atoms with E-state index in [0.717, 1.165) is 6.07 Å². The first-order valence-corrected chi connectivity index (χ1v) is 11.3. The number of alkyl halides is 2. The Morgan fingerprint density at radius 1 is 1.16 bits per heavy atom. The maximum absolute atomic E-state index is 13.7. The normalized spacial score (nSPS) is 15.6. The van der Waals surface area contributed by atoms with Crippen LogP contribution in [0.2, 0.25) is 0 Å². The second-order valence-electron chi connectivity index (χ2n) is 6.54. The molecule has 0 radical (unpaired) electrons. The van der Waals surface area contributed by atoms with E-state index in [1.54, 1.807) is 18.2 Å². The molecule has 0 unspecified atom stereocenters. The molecule has 2 aromatic carbocycles. The molecule has 0 atom stereocenters. The Kier molecular flexibility index (Phi) is 5.92. The first-order valence-electron chi connectivity index (χ1n) is 9.08. The van der Waals surface area contributed by atoms with Crippen molar-refractivity contribution >= 4 is 38.5 Å². The number of fused-ring (bicyclic) bond motifs is 1. The molecule has 0 N–H and O–H groups in total. The van der Waals surface area contributed by atoms with E-state index >= 15 is 0 Å². The van der Waals surface area contributed by atoms with Crippen LogP contribution in [0.3, 0.4) is 0 Å². The summed E-state index contributed by atoms with van der Waals surface area (Å²) in [4.78, 5) is 14.8. The Balaban J connectivity index is 1.74. The predicted molar refractivity (Wildman–Crippen MR) is 108 cm³/mol. The smallest absolute Gasteiger partial charge is 0.321 e. The van der Waals surface area contributed by atoms with Crippen molar-refractivity contribution in [3.05, 3.63) is 52.6 Å². The van der Waals surface area contributed by atoms with Crippen LogP contribution in [-0.4, -0.2) is 53.5 Å². The zero-order valence-corrected chi connectivity index (χ0v) is 17.5. The van der Waals surface area contributed by atoms with Gasteiger partial charge in [0.05, 0.1) is 39.0 Å². The maximum Gasteiger partial charge on any atom is 0.321 e. The Labute approximate surface area is 179 Å². The first kappa shape index (κ1) is 21.6. The van der Waals surface area contributed by atoms with E-state index < -0.39 is 27.2 Å². The predicted octanol–water partition coefficient (Wildman–Crippen LogP) is 3.51. The van der Waals surface area contributed by atoms with Crippen LogP contribution in [-0.2, 0) is 14.8 Å². The average Bonchev–Trinajstić information content (AvgIpc) is 3.12. The summed E-state index contributed by atoms with van der Waals surface area (Å²) in [6.45, 7) is -2.15. The minimum absolute atomic E-state index is 0.00290. The van der Waals surface area contributed by atoms with Crippen LogP contribution in [0, 0.1) is 10.1 Å². The second kappa shape index (κ2) is 8.49. The highest BCUT2D eigenvalue weighted by Crippen LogP contribution is 2.39. The van der Waals surface area contributed by atoms with Crippen molar-refractivity contribution < 1.29 is 26.9 Å². The highest BCUT2D eigenvalue weighted by molar-refractivity contribution is 7.99. The van der Waals surface area contributed by atoms with Crippen LogP contribution in [0.15, 0.2) is 57.4 Å². The van der Waals surface area contributed by atoms with Gasteiger partial charge in [-0.3, -0.25) is 14.7 Å². The molecular weight excluding hydrogens is 454 g/mol. The fraction of sp³-hybridized carbons (Fsp3) is 0.278. The number of benzene rings is 2. The molecule has 0 aliphatic carbocycles. The van der Waals surface area contributed by atoms with E-state index in [2.05, 4.69) is 4.98 Å². The largest absolute Gasteiger partial charge is 0.379 e. The molecular formula is C18H16F2N4O5S2.